The third kappa shape index (κ3) is 7.13. The van der Waals surface area contributed by atoms with Gasteiger partial charge in [0, 0.05) is 18.3 Å². The number of hydrogen-bond donors (Lipinski definition) is 3. The summed E-state index contributed by atoms with van der Waals surface area (Å²) in [6, 6.07) is 19.8. The first-order valence-electron chi connectivity index (χ1n) is 10.2. The van der Waals surface area contributed by atoms with Crippen LogP contribution in [0.15, 0.2) is 77.9 Å². The second kappa shape index (κ2) is 11.2. The predicted molar refractivity (Wildman–Crippen MR) is 128 cm³/mol. The lowest BCUT2D eigenvalue weighted by atomic mass is 10.1. The van der Waals surface area contributed by atoms with E-state index in [4.69, 9.17) is 4.74 Å². The summed E-state index contributed by atoms with van der Waals surface area (Å²) in [6.45, 7) is 3.31. The molecule has 3 amide bonds. The maximum absolute atomic E-state index is 12.3. The normalized spacial score (nSPS) is 10.4. The zero-order chi connectivity index (χ0) is 24.5. The highest BCUT2D eigenvalue weighted by molar-refractivity contribution is 6.39. The topological polar surface area (TPSA) is 126 Å². The molecule has 0 spiro atoms. The number of hydrazone groups is 1. The molecule has 9 heteroatoms. The number of amides is 3. The van der Waals surface area contributed by atoms with E-state index in [9.17, 15) is 19.2 Å². The van der Waals surface area contributed by atoms with Crippen LogP contribution in [0.1, 0.15) is 28.4 Å². The van der Waals surface area contributed by atoms with Crippen LogP contribution in [0, 0.1) is 6.92 Å². The highest BCUT2D eigenvalue weighted by atomic mass is 16.5. The number of nitrogens with one attached hydrogen (secondary N) is 3. The molecule has 3 N–H and O–H groups in total. The molecule has 3 rings (SSSR count). The molecule has 0 unspecified atom stereocenters. The summed E-state index contributed by atoms with van der Waals surface area (Å²) in [4.78, 5) is 47.3. The molecule has 0 fully saturated rings. The molecular weight excluding hydrogens is 436 g/mol. The predicted octanol–water partition coefficient (Wildman–Crippen LogP) is 3.26. The van der Waals surface area contributed by atoms with Crippen molar-refractivity contribution in [3.05, 3.63) is 89.5 Å². The average Bonchev–Trinajstić information content (AvgIpc) is 2.80. The Morgan fingerprint density at radius 3 is 2.12 bits per heavy atom. The van der Waals surface area contributed by atoms with Crippen molar-refractivity contribution in [2.24, 2.45) is 5.10 Å². The summed E-state index contributed by atoms with van der Waals surface area (Å²) in [6.07, 6.45) is 1.32. The zero-order valence-corrected chi connectivity index (χ0v) is 18.5. The van der Waals surface area contributed by atoms with Crippen LogP contribution < -0.4 is 20.8 Å². The third-order valence-corrected chi connectivity index (χ3v) is 4.40. The molecule has 34 heavy (non-hydrogen) atoms. The van der Waals surface area contributed by atoms with Crippen LogP contribution in [-0.4, -0.2) is 29.9 Å². The Balaban J connectivity index is 1.52. The molecule has 0 aromatic heterocycles. The van der Waals surface area contributed by atoms with Crippen molar-refractivity contribution in [2.45, 2.75) is 13.8 Å². The van der Waals surface area contributed by atoms with Gasteiger partial charge in [-0.3, -0.25) is 14.4 Å². The van der Waals surface area contributed by atoms with Crippen LogP contribution in [-0.2, 0) is 14.4 Å². The van der Waals surface area contributed by atoms with Gasteiger partial charge < -0.3 is 15.4 Å². The molecule has 0 aliphatic rings. The van der Waals surface area contributed by atoms with E-state index in [0.29, 0.717) is 28.3 Å². The standard InChI is InChI=1S/C25H22N4O5/c1-16-6-8-19(9-7-16)25(33)34-22-5-3-4-18(14-22)15-26-29-24(32)23(31)28-21-12-10-20(11-13-21)27-17(2)30/h3-15H,1-2H3,(H,27,30)(H,28,31)(H,29,32)/b26-15+. The summed E-state index contributed by atoms with van der Waals surface area (Å²) in [7, 11) is 0. The number of anilines is 2. The van der Waals surface area contributed by atoms with Gasteiger partial charge in [0.05, 0.1) is 11.8 Å². The number of esters is 1. The number of nitrogens with zero attached hydrogens (tertiary/aromatic N) is 1. The van der Waals surface area contributed by atoms with E-state index in [-0.39, 0.29) is 5.91 Å². The van der Waals surface area contributed by atoms with Crippen molar-refractivity contribution < 1.29 is 23.9 Å². The Morgan fingerprint density at radius 2 is 1.47 bits per heavy atom. The summed E-state index contributed by atoms with van der Waals surface area (Å²) in [5.41, 5.74) is 5.07. The number of benzene rings is 3. The molecule has 0 saturated heterocycles. The highest BCUT2D eigenvalue weighted by Gasteiger charge is 2.13. The molecule has 0 saturated carbocycles. The number of aryl methyl sites for hydroxylation is 1. The van der Waals surface area contributed by atoms with Gasteiger partial charge in [-0.1, -0.05) is 29.8 Å². The van der Waals surface area contributed by atoms with Crippen LogP contribution in [0.3, 0.4) is 0 Å². The minimum Gasteiger partial charge on any atom is -0.423 e. The monoisotopic (exact) mass is 458 g/mol. The fraction of sp³-hybridized carbons (Fsp3) is 0.0800. The Kier molecular flexibility index (Phi) is 7.85. The number of carbonyl (C=O) groups is 4. The minimum absolute atomic E-state index is 0.219. The van der Waals surface area contributed by atoms with Crippen LogP contribution in [0.5, 0.6) is 5.75 Å². The number of ether oxygens (including phenoxy) is 1. The van der Waals surface area contributed by atoms with E-state index in [1.165, 1.54) is 13.1 Å². The lowest BCUT2D eigenvalue weighted by molar-refractivity contribution is -0.136. The summed E-state index contributed by atoms with van der Waals surface area (Å²) >= 11 is 0. The van der Waals surface area contributed by atoms with Gasteiger partial charge in [-0.15, -0.1) is 0 Å². The lowest BCUT2D eigenvalue weighted by Gasteiger charge is -2.06. The number of carbonyl (C=O) groups excluding carboxylic acids is 4. The Labute approximate surface area is 195 Å². The van der Waals surface area contributed by atoms with Crippen LogP contribution in [0.25, 0.3) is 0 Å². The molecule has 3 aromatic rings. The first kappa shape index (κ1) is 23.9. The molecule has 0 heterocycles. The summed E-state index contributed by atoms with van der Waals surface area (Å²) < 4.78 is 5.37. The highest BCUT2D eigenvalue weighted by Crippen LogP contribution is 2.15. The number of hydrogen-bond acceptors (Lipinski definition) is 6. The second-order valence-corrected chi connectivity index (χ2v) is 7.24. The largest absolute Gasteiger partial charge is 0.423 e. The minimum atomic E-state index is -0.968. The zero-order valence-electron chi connectivity index (χ0n) is 18.5. The maximum Gasteiger partial charge on any atom is 0.343 e. The van der Waals surface area contributed by atoms with E-state index >= 15 is 0 Å². The molecule has 0 atom stereocenters. The van der Waals surface area contributed by atoms with Gasteiger partial charge in [0.25, 0.3) is 0 Å². The Bertz CT molecular complexity index is 1230. The van der Waals surface area contributed by atoms with Crippen molar-refractivity contribution in [2.75, 3.05) is 10.6 Å². The SMILES string of the molecule is CC(=O)Nc1ccc(NC(=O)C(=O)N/N=C/c2cccc(OC(=O)c3ccc(C)cc3)c2)cc1. The fourth-order valence-electron chi connectivity index (χ4n) is 2.76. The van der Waals surface area contributed by atoms with E-state index in [2.05, 4.69) is 21.2 Å². The van der Waals surface area contributed by atoms with E-state index in [1.54, 1.807) is 60.7 Å². The fourth-order valence-corrected chi connectivity index (χ4v) is 2.76. The van der Waals surface area contributed by atoms with E-state index < -0.39 is 17.8 Å². The van der Waals surface area contributed by atoms with Gasteiger partial charge >= 0.3 is 17.8 Å². The first-order chi connectivity index (χ1) is 16.3. The van der Waals surface area contributed by atoms with Crippen molar-refractivity contribution in [3.63, 3.8) is 0 Å². The van der Waals surface area contributed by atoms with Gasteiger partial charge in [-0.05, 0) is 61.0 Å². The molecule has 9 nitrogen and oxygen atoms in total. The van der Waals surface area contributed by atoms with Crippen molar-refractivity contribution in [1.82, 2.24) is 5.43 Å². The van der Waals surface area contributed by atoms with Crippen molar-refractivity contribution in [3.8, 4) is 5.75 Å². The molecule has 0 bridgehead atoms. The first-order valence-corrected chi connectivity index (χ1v) is 10.2. The second-order valence-electron chi connectivity index (χ2n) is 7.24. The quantitative estimate of drug-likeness (QED) is 0.172. The van der Waals surface area contributed by atoms with Crippen LogP contribution in [0.2, 0.25) is 0 Å². The van der Waals surface area contributed by atoms with Gasteiger partial charge in [0.1, 0.15) is 5.75 Å². The molecule has 0 radical (unpaired) electrons. The van der Waals surface area contributed by atoms with Crippen LogP contribution >= 0.6 is 0 Å². The van der Waals surface area contributed by atoms with Crippen LogP contribution in [0.4, 0.5) is 11.4 Å². The maximum atomic E-state index is 12.3. The van der Waals surface area contributed by atoms with E-state index in [0.717, 1.165) is 5.56 Å². The lowest BCUT2D eigenvalue weighted by Crippen LogP contribution is -2.32. The third-order valence-electron chi connectivity index (χ3n) is 4.40. The molecule has 3 aromatic carbocycles. The molecule has 0 aliphatic heterocycles. The van der Waals surface area contributed by atoms with Gasteiger partial charge in [0.15, 0.2) is 0 Å². The molecule has 172 valence electrons. The number of rotatable bonds is 6. The van der Waals surface area contributed by atoms with Gasteiger partial charge in [-0.25, -0.2) is 10.2 Å². The Hall–Kier alpha value is -4.79. The molecule has 0 aliphatic carbocycles. The smallest absolute Gasteiger partial charge is 0.343 e. The molecular formula is C25H22N4O5. The van der Waals surface area contributed by atoms with Gasteiger partial charge in [0.2, 0.25) is 5.91 Å². The van der Waals surface area contributed by atoms with Gasteiger partial charge in [-0.2, -0.15) is 5.10 Å². The van der Waals surface area contributed by atoms with E-state index in [1.807, 2.05) is 19.1 Å². The van der Waals surface area contributed by atoms with Crippen molar-refractivity contribution >= 4 is 41.3 Å². The van der Waals surface area contributed by atoms with Crippen molar-refractivity contribution in [1.29, 1.82) is 0 Å². The Morgan fingerprint density at radius 1 is 0.824 bits per heavy atom. The average molecular weight is 458 g/mol. The summed E-state index contributed by atoms with van der Waals surface area (Å²) in [5.74, 6) is -2.29. The summed E-state index contributed by atoms with van der Waals surface area (Å²) in [5, 5.41) is 8.79.